The molecule has 0 heterocycles. The molecule has 0 rings (SSSR count). The van der Waals surface area contributed by atoms with Gasteiger partial charge in [-0.2, -0.15) is 5.26 Å². The molecular weight excluding hydrogens is 257 g/mol. The van der Waals surface area contributed by atoms with Crippen molar-refractivity contribution in [3.05, 3.63) is 0 Å². The van der Waals surface area contributed by atoms with Crippen LogP contribution in [0.3, 0.4) is 0 Å². The van der Waals surface area contributed by atoms with Crippen LogP contribution in [0.25, 0.3) is 0 Å². The molecule has 0 aromatic heterocycles. The second kappa shape index (κ2) is 12.8. The Balaban J connectivity index is 0. The molecule has 4 nitrogen and oxygen atoms in total. The summed E-state index contributed by atoms with van der Waals surface area (Å²) in [6.45, 7) is 16.7. The maximum Gasteiger partial charge on any atom is 0.0857 e. The SMILES string of the molecule is CC(C)N(PO)C(C)C.CCN(CCC#N)C(C)C. The van der Waals surface area contributed by atoms with Crippen molar-refractivity contribution in [2.75, 3.05) is 13.1 Å². The molecule has 0 spiro atoms. The summed E-state index contributed by atoms with van der Waals surface area (Å²) < 4.78 is 2.04. The van der Waals surface area contributed by atoms with Gasteiger partial charge in [0.25, 0.3) is 0 Å². The van der Waals surface area contributed by atoms with E-state index in [1.165, 1.54) is 0 Å². The van der Waals surface area contributed by atoms with Crippen LogP contribution in [0.2, 0.25) is 0 Å². The fraction of sp³-hybridized carbons (Fsp3) is 0.929. The second-order valence-corrected chi connectivity index (χ2v) is 6.04. The molecule has 0 aliphatic carbocycles. The molecule has 0 aliphatic heterocycles. The molecule has 5 heteroatoms. The van der Waals surface area contributed by atoms with E-state index >= 15 is 0 Å². The van der Waals surface area contributed by atoms with Crippen molar-refractivity contribution in [2.24, 2.45) is 0 Å². The average Bonchev–Trinajstić information content (AvgIpc) is 2.30. The van der Waals surface area contributed by atoms with Crippen molar-refractivity contribution in [1.82, 2.24) is 9.57 Å². The van der Waals surface area contributed by atoms with E-state index in [0.717, 1.165) is 13.1 Å². The van der Waals surface area contributed by atoms with Gasteiger partial charge >= 0.3 is 0 Å². The van der Waals surface area contributed by atoms with E-state index in [-0.39, 0.29) is 8.96 Å². The zero-order chi connectivity index (χ0) is 15.4. The van der Waals surface area contributed by atoms with Crippen LogP contribution in [0, 0.1) is 11.3 Å². The van der Waals surface area contributed by atoms with Gasteiger partial charge in [0, 0.05) is 31.1 Å². The predicted molar refractivity (Wildman–Crippen MR) is 85.3 cm³/mol. The van der Waals surface area contributed by atoms with Gasteiger partial charge in [-0.1, -0.05) is 6.92 Å². The molecule has 1 atom stereocenters. The summed E-state index contributed by atoms with van der Waals surface area (Å²) in [5.74, 6) is 0. The molecule has 0 radical (unpaired) electrons. The highest BCUT2D eigenvalue weighted by Crippen LogP contribution is 2.19. The van der Waals surface area contributed by atoms with E-state index in [0.29, 0.717) is 24.5 Å². The first kappa shape index (κ1) is 21.1. The Morgan fingerprint density at radius 3 is 1.68 bits per heavy atom. The van der Waals surface area contributed by atoms with E-state index in [4.69, 9.17) is 10.2 Å². The van der Waals surface area contributed by atoms with E-state index in [1.54, 1.807) is 0 Å². The number of rotatable bonds is 7. The van der Waals surface area contributed by atoms with Crippen molar-refractivity contribution in [3.63, 3.8) is 0 Å². The molecule has 0 aliphatic rings. The highest BCUT2D eigenvalue weighted by molar-refractivity contribution is 7.28. The van der Waals surface area contributed by atoms with Gasteiger partial charge < -0.3 is 9.79 Å². The first-order valence-electron chi connectivity index (χ1n) is 7.10. The van der Waals surface area contributed by atoms with Crippen LogP contribution in [0.4, 0.5) is 0 Å². The van der Waals surface area contributed by atoms with Gasteiger partial charge in [-0.3, -0.25) is 4.67 Å². The number of nitriles is 1. The normalized spacial score (nSPS) is 11.8. The molecule has 0 aromatic rings. The lowest BCUT2D eigenvalue weighted by molar-refractivity contribution is 0.239. The Kier molecular flexibility index (Phi) is 14.2. The Bertz CT molecular complexity index is 231. The first-order chi connectivity index (χ1) is 8.81. The lowest BCUT2D eigenvalue weighted by Crippen LogP contribution is -2.31. The molecule has 0 amide bonds. The van der Waals surface area contributed by atoms with Gasteiger partial charge in [0.15, 0.2) is 0 Å². The van der Waals surface area contributed by atoms with Gasteiger partial charge in [0.1, 0.15) is 0 Å². The Labute approximate surface area is 121 Å². The van der Waals surface area contributed by atoms with E-state index in [2.05, 4.69) is 59.4 Å². The van der Waals surface area contributed by atoms with Crippen molar-refractivity contribution in [2.45, 2.75) is 73.0 Å². The fourth-order valence-corrected chi connectivity index (χ4v) is 2.26. The highest BCUT2D eigenvalue weighted by atomic mass is 31.1. The topological polar surface area (TPSA) is 50.5 Å². The first-order valence-corrected chi connectivity index (χ1v) is 8.00. The molecular formula is C14H32N3OP. The van der Waals surface area contributed by atoms with Crippen molar-refractivity contribution < 1.29 is 4.89 Å². The van der Waals surface area contributed by atoms with Crippen molar-refractivity contribution in [3.8, 4) is 6.07 Å². The summed E-state index contributed by atoms with van der Waals surface area (Å²) in [7, 11) is -0.0571. The largest absolute Gasteiger partial charge is 0.361 e. The standard InChI is InChI=1S/C8H16N2.C6H16NOP/c1-4-10(8(2)3)7-5-6-9;1-5(2)7(9-8)6(3)4/h8H,4-5,7H2,1-3H3;5-6,8-9H,1-4H3. The Morgan fingerprint density at radius 1 is 1.05 bits per heavy atom. The zero-order valence-electron chi connectivity index (χ0n) is 13.6. The quantitative estimate of drug-likeness (QED) is 0.731. The second-order valence-electron chi connectivity index (χ2n) is 5.33. The third kappa shape index (κ3) is 11.3. The molecule has 19 heavy (non-hydrogen) atoms. The fourth-order valence-electron chi connectivity index (χ4n) is 1.80. The van der Waals surface area contributed by atoms with Gasteiger partial charge in [0.2, 0.25) is 0 Å². The van der Waals surface area contributed by atoms with Crippen LogP contribution in [-0.2, 0) is 0 Å². The minimum absolute atomic E-state index is 0.0571. The van der Waals surface area contributed by atoms with Crippen LogP contribution in [0.1, 0.15) is 54.9 Å². The molecule has 0 saturated heterocycles. The van der Waals surface area contributed by atoms with E-state index in [1.807, 2.05) is 4.67 Å². The number of nitrogens with zero attached hydrogens (tertiary/aromatic N) is 3. The number of hydrogen-bond acceptors (Lipinski definition) is 4. The van der Waals surface area contributed by atoms with E-state index < -0.39 is 0 Å². The highest BCUT2D eigenvalue weighted by Gasteiger charge is 2.10. The van der Waals surface area contributed by atoms with Crippen molar-refractivity contribution >= 4 is 8.96 Å². The summed E-state index contributed by atoms with van der Waals surface area (Å²) in [5, 5.41) is 8.32. The van der Waals surface area contributed by atoms with Gasteiger partial charge in [0.05, 0.1) is 15.0 Å². The lowest BCUT2D eigenvalue weighted by Gasteiger charge is -2.26. The molecule has 0 aromatic carbocycles. The van der Waals surface area contributed by atoms with Gasteiger partial charge in [-0.15, -0.1) is 0 Å². The molecule has 1 unspecified atom stereocenters. The minimum Gasteiger partial charge on any atom is -0.361 e. The van der Waals surface area contributed by atoms with E-state index in [9.17, 15) is 0 Å². The summed E-state index contributed by atoms with van der Waals surface area (Å²) in [5.41, 5.74) is 0. The van der Waals surface area contributed by atoms with Crippen LogP contribution < -0.4 is 0 Å². The van der Waals surface area contributed by atoms with Crippen LogP contribution >= 0.6 is 8.96 Å². The van der Waals surface area contributed by atoms with Crippen LogP contribution in [-0.4, -0.2) is 45.7 Å². The van der Waals surface area contributed by atoms with Crippen molar-refractivity contribution in [1.29, 1.82) is 5.26 Å². The molecule has 114 valence electrons. The summed E-state index contributed by atoms with van der Waals surface area (Å²) in [6, 6.07) is 3.62. The predicted octanol–water partition coefficient (Wildman–Crippen LogP) is 3.24. The monoisotopic (exact) mass is 289 g/mol. The van der Waals surface area contributed by atoms with Crippen LogP contribution in [0.5, 0.6) is 0 Å². The summed E-state index contributed by atoms with van der Waals surface area (Å²) >= 11 is 0. The molecule has 0 saturated carbocycles. The Hall–Kier alpha value is -0.200. The number of hydrogen-bond donors (Lipinski definition) is 1. The maximum atomic E-state index is 8.82. The average molecular weight is 289 g/mol. The van der Waals surface area contributed by atoms with Crippen LogP contribution in [0.15, 0.2) is 0 Å². The molecule has 1 N–H and O–H groups in total. The van der Waals surface area contributed by atoms with Gasteiger partial charge in [-0.05, 0) is 48.1 Å². The molecule has 0 fully saturated rings. The minimum atomic E-state index is -0.0571. The molecule has 0 bridgehead atoms. The smallest absolute Gasteiger partial charge is 0.0857 e. The third-order valence-corrected chi connectivity index (χ3v) is 4.14. The summed E-state index contributed by atoms with van der Waals surface area (Å²) in [4.78, 5) is 11.1. The Morgan fingerprint density at radius 2 is 1.53 bits per heavy atom. The third-order valence-electron chi connectivity index (χ3n) is 2.88. The zero-order valence-corrected chi connectivity index (χ0v) is 14.6. The van der Waals surface area contributed by atoms with Gasteiger partial charge in [-0.25, -0.2) is 0 Å². The lowest BCUT2D eigenvalue weighted by atomic mass is 10.3. The summed E-state index contributed by atoms with van der Waals surface area (Å²) in [6.07, 6.45) is 0.645. The maximum absolute atomic E-state index is 8.82.